The largest absolute Gasteiger partial charge is 0.487 e. The van der Waals surface area contributed by atoms with Crippen molar-refractivity contribution < 1.29 is 33.3 Å². The maximum Gasteiger partial charge on any atom is 0.419 e. The molecular formula is C32H40N2O7. The number of hydrogen-bond acceptors (Lipinski definition) is 7. The van der Waals surface area contributed by atoms with E-state index in [1.54, 1.807) is 53.7 Å². The molecule has 9 heteroatoms. The number of anilines is 1. The summed E-state index contributed by atoms with van der Waals surface area (Å²) in [5.74, 6) is -0.445. The Balaban J connectivity index is 2.34. The second-order valence-electron chi connectivity index (χ2n) is 11.6. The highest BCUT2D eigenvalue weighted by molar-refractivity contribution is 6.07. The van der Waals surface area contributed by atoms with Crippen LogP contribution in [0, 0.1) is 6.92 Å². The summed E-state index contributed by atoms with van der Waals surface area (Å²) in [6, 6.07) is 12.8. The lowest BCUT2D eigenvalue weighted by Crippen LogP contribution is -2.37. The highest BCUT2D eigenvalue weighted by Crippen LogP contribution is 2.39. The second kappa shape index (κ2) is 12.5. The van der Waals surface area contributed by atoms with E-state index in [1.165, 1.54) is 16.6 Å². The molecule has 0 spiro atoms. The van der Waals surface area contributed by atoms with Gasteiger partial charge in [-0.3, -0.25) is 4.90 Å². The van der Waals surface area contributed by atoms with Gasteiger partial charge in [-0.2, -0.15) is 0 Å². The van der Waals surface area contributed by atoms with Crippen molar-refractivity contribution in [1.29, 1.82) is 0 Å². The Hall–Kier alpha value is -4.27. The Morgan fingerprint density at radius 2 is 1.59 bits per heavy atom. The van der Waals surface area contributed by atoms with E-state index in [1.807, 2.05) is 56.3 Å². The standard InChI is InChI=1S/C32H40N2O7/c1-10-11-17-33(29(36)40-31(3,4)5)24-19-26(39-20-22-15-13-12-14-16-22)27-23(21(24)2)18-25(28(35)38-9)34(27)30(37)41-32(6,7)8/h10-16,18-19H,17,20H2,1-9H3/b11-10+. The molecule has 220 valence electrons. The molecule has 1 aromatic heterocycles. The number of aryl methyl sites for hydroxylation is 1. The molecule has 0 radical (unpaired) electrons. The number of esters is 1. The van der Waals surface area contributed by atoms with E-state index in [0.717, 1.165) is 5.56 Å². The average molecular weight is 565 g/mol. The van der Waals surface area contributed by atoms with Gasteiger partial charge in [-0.05, 0) is 72.6 Å². The van der Waals surface area contributed by atoms with Crippen molar-refractivity contribution >= 4 is 34.7 Å². The minimum atomic E-state index is -0.832. The molecule has 3 rings (SSSR count). The molecule has 0 aliphatic heterocycles. The van der Waals surface area contributed by atoms with Crippen molar-refractivity contribution in [3.8, 4) is 5.75 Å². The van der Waals surface area contributed by atoms with Crippen LogP contribution in [0.3, 0.4) is 0 Å². The average Bonchev–Trinajstić information content (AvgIpc) is 3.29. The Labute approximate surface area is 241 Å². The monoisotopic (exact) mass is 564 g/mol. The van der Waals surface area contributed by atoms with E-state index in [9.17, 15) is 14.4 Å². The van der Waals surface area contributed by atoms with Crippen LogP contribution in [0.15, 0.2) is 54.6 Å². The Morgan fingerprint density at radius 3 is 2.15 bits per heavy atom. The van der Waals surface area contributed by atoms with Crippen LogP contribution < -0.4 is 9.64 Å². The van der Waals surface area contributed by atoms with E-state index >= 15 is 0 Å². The fourth-order valence-corrected chi connectivity index (χ4v) is 4.15. The minimum Gasteiger partial charge on any atom is -0.487 e. The van der Waals surface area contributed by atoms with Gasteiger partial charge in [-0.1, -0.05) is 42.5 Å². The molecule has 2 aromatic carbocycles. The van der Waals surface area contributed by atoms with Crippen molar-refractivity contribution in [3.63, 3.8) is 0 Å². The normalized spacial score (nSPS) is 11.9. The number of rotatable bonds is 7. The van der Waals surface area contributed by atoms with Gasteiger partial charge in [0.25, 0.3) is 0 Å². The molecule has 1 heterocycles. The van der Waals surface area contributed by atoms with Crippen LogP contribution in [0.25, 0.3) is 10.9 Å². The third kappa shape index (κ3) is 7.68. The van der Waals surface area contributed by atoms with Crippen molar-refractivity contribution in [3.05, 3.63) is 71.4 Å². The predicted octanol–water partition coefficient (Wildman–Crippen LogP) is 7.42. The molecule has 0 atom stereocenters. The summed E-state index contributed by atoms with van der Waals surface area (Å²) < 4.78 is 23.9. The lowest BCUT2D eigenvalue weighted by Gasteiger charge is -2.28. The second-order valence-corrected chi connectivity index (χ2v) is 11.6. The van der Waals surface area contributed by atoms with Gasteiger partial charge in [0.05, 0.1) is 12.8 Å². The molecule has 0 aliphatic carbocycles. The van der Waals surface area contributed by atoms with E-state index in [2.05, 4.69) is 0 Å². The molecular weight excluding hydrogens is 524 g/mol. The van der Waals surface area contributed by atoms with Crippen molar-refractivity contribution in [1.82, 2.24) is 4.57 Å². The zero-order valence-electron chi connectivity index (χ0n) is 25.4. The number of amides is 1. The zero-order valence-corrected chi connectivity index (χ0v) is 25.4. The first-order chi connectivity index (χ1) is 19.2. The van der Waals surface area contributed by atoms with Crippen LogP contribution >= 0.6 is 0 Å². The van der Waals surface area contributed by atoms with Crippen molar-refractivity contribution in [2.75, 3.05) is 18.6 Å². The quantitative estimate of drug-likeness (QED) is 0.167. The summed E-state index contributed by atoms with van der Waals surface area (Å²) in [6.45, 7) is 14.7. The summed E-state index contributed by atoms with van der Waals surface area (Å²) in [6.07, 6.45) is 2.37. The Kier molecular flexibility index (Phi) is 9.53. The number of benzene rings is 2. The Bertz CT molecular complexity index is 1440. The SMILES string of the molecule is C/C=C/CN(C(=O)OC(C)(C)C)c1cc(OCc2ccccc2)c2c(cc(C(=O)OC)n2C(=O)OC(C)(C)C)c1C. The fourth-order valence-electron chi connectivity index (χ4n) is 4.15. The van der Waals surface area contributed by atoms with Crippen LogP contribution in [0.2, 0.25) is 0 Å². The summed E-state index contributed by atoms with van der Waals surface area (Å²) in [4.78, 5) is 41.3. The smallest absolute Gasteiger partial charge is 0.419 e. The van der Waals surface area contributed by atoms with Gasteiger partial charge < -0.3 is 18.9 Å². The molecule has 0 N–H and O–H groups in total. The van der Waals surface area contributed by atoms with Gasteiger partial charge in [-0.25, -0.2) is 19.0 Å². The molecule has 0 saturated heterocycles. The topological polar surface area (TPSA) is 96.3 Å². The number of aromatic nitrogens is 1. The number of fused-ring (bicyclic) bond motifs is 1. The van der Waals surface area contributed by atoms with E-state index in [-0.39, 0.29) is 24.6 Å². The number of hydrogen-bond donors (Lipinski definition) is 0. The first-order valence-corrected chi connectivity index (χ1v) is 13.5. The zero-order chi connectivity index (χ0) is 30.5. The number of methoxy groups -OCH3 is 1. The summed E-state index contributed by atoms with van der Waals surface area (Å²) in [5, 5.41) is 0.519. The van der Waals surface area contributed by atoms with E-state index < -0.39 is 29.4 Å². The van der Waals surface area contributed by atoms with Crippen LogP contribution in [0.4, 0.5) is 15.3 Å². The molecule has 3 aromatic rings. The number of ether oxygens (including phenoxy) is 4. The number of carbonyl (C=O) groups is 3. The van der Waals surface area contributed by atoms with Crippen molar-refractivity contribution in [2.24, 2.45) is 0 Å². The fraction of sp³-hybridized carbons (Fsp3) is 0.406. The van der Waals surface area contributed by atoms with E-state index in [0.29, 0.717) is 22.2 Å². The number of allylic oxidation sites excluding steroid dienone is 1. The number of nitrogens with zero attached hydrogens (tertiary/aromatic N) is 2. The van der Waals surface area contributed by atoms with Crippen LogP contribution in [0.5, 0.6) is 5.75 Å². The molecule has 0 bridgehead atoms. The molecule has 1 amide bonds. The van der Waals surface area contributed by atoms with Gasteiger partial charge in [0, 0.05) is 18.0 Å². The van der Waals surface area contributed by atoms with Crippen molar-refractivity contribution in [2.45, 2.75) is 73.2 Å². The summed E-state index contributed by atoms with van der Waals surface area (Å²) in [5.41, 5.74) is 0.769. The third-order valence-corrected chi connectivity index (χ3v) is 5.93. The summed E-state index contributed by atoms with van der Waals surface area (Å²) >= 11 is 0. The predicted molar refractivity (Wildman–Crippen MR) is 159 cm³/mol. The highest BCUT2D eigenvalue weighted by Gasteiger charge is 2.31. The molecule has 0 fully saturated rings. The number of carbonyl (C=O) groups excluding carboxylic acids is 3. The third-order valence-electron chi connectivity index (χ3n) is 5.93. The molecule has 41 heavy (non-hydrogen) atoms. The van der Waals surface area contributed by atoms with Crippen LogP contribution in [-0.4, -0.2) is 47.6 Å². The highest BCUT2D eigenvalue weighted by atomic mass is 16.6. The van der Waals surface area contributed by atoms with Crippen LogP contribution in [0.1, 0.15) is 70.1 Å². The molecule has 0 aliphatic rings. The van der Waals surface area contributed by atoms with Gasteiger partial charge in [0.1, 0.15) is 34.8 Å². The first-order valence-electron chi connectivity index (χ1n) is 13.5. The lowest BCUT2D eigenvalue weighted by molar-refractivity contribution is 0.0489. The first kappa shape index (κ1) is 31.3. The van der Waals surface area contributed by atoms with E-state index in [4.69, 9.17) is 18.9 Å². The molecule has 0 unspecified atom stereocenters. The van der Waals surface area contributed by atoms with Gasteiger partial charge in [-0.15, -0.1) is 0 Å². The maximum atomic E-state index is 13.5. The van der Waals surface area contributed by atoms with Gasteiger partial charge >= 0.3 is 18.2 Å². The molecule has 9 nitrogen and oxygen atoms in total. The van der Waals surface area contributed by atoms with Crippen LogP contribution in [-0.2, 0) is 20.8 Å². The molecule has 0 saturated carbocycles. The summed E-state index contributed by atoms with van der Waals surface area (Å²) in [7, 11) is 1.24. The maximum absolute atomic E-state index is 13.5. The van der Waals surface area contributed by atoms with Gasteiger partial charge in [0.2, 0.25) is 0 Å². The Morgan fingerprint density at radius 1 is 0.951 bits per heavy atom. The minimum absolute atomic E-state index is 0.0289. The van der Waals surface area contributed by atoms with Gasteiger partial charge in [0.15, 0.2) is 0 Å². The lowest BCUT2D eigenvalue weighted by atomic mass is 10.1.